The average Bonchev–Trinajstić information content (AvgIpc) is 2.52. The van der Waals surface area contributed by atoms with Crippen LogP contribution in [0.1, 0.15) is 20.7 Å². The lowest BCUT2D eigenvalue weighted by molar-refractivity contribution is 0.0879. The predicted molar refractivity (Wildman–Crippen MR) is 55.6 cm³/mol. The van der Waals surface area contributed by atoms with Crippen LogP contribution in [0.4, 0.5) is 5.69 Å². The van der Waals surface area contributed by atoms with E-state index in [1.54, 1.807) is 18.2 Å². The molecule has 2 N–H and O–H groups in total. The summed E-state index contributed by atoms with van der Waals surface area (Å²) in [6.45, 7) is 0.383. The van der Waals surface area contributed by atoms with Crippen LogP contribution in [0.25, 0.3) is 0 Å². The lowest BCUT2D eigenvalue weighted by atomic mass is 10.1. The third-order valence-electron chi connectivity index (χ3n) is 2.13. The number of hydrogen-bond acceptors (Lipinski definition) is 3. The Morgan fingerprint density at radius 1 is 1.27 bits per heavy atom. The molecule has 74 valence electrons. The molecule has 1 aliphatic rings. The Kier molecular flexibility index (Phi) is 2.14. The van der Waals surface area contributed by atoms with Crippen molar-refractivity contribution in [2.75, 3.05) is 11.9 Å². The van der Waals surface area contributed by atoms with Crippen LogP contribution in [0.5, 0.6) is 0 Å². The zero-order valence-electron chi connectivity index (χ0n) is 7.83. The van der Waals surface area contributed by atoms with E-state index in [1.165, 1.54) is 0 Å². The zero-order valence-corrected chi connectivity index (χ0v) is 7.83. The summed E-state index contributed by atoms with van der Waals surface area (Å²) in [6.07, 6.45) is 5.09. The third kappa shape index (κ3) is 1.55. The average molecular weight is 200 g/mol. The molecule has 0 aromatic heterocycles. The SMILES string of the molecule is C#CCNc1ccc2c(c1)C(=O)NC2=O. The van der Waals surface area contributed by atoms with Crippen molar-refractivity contribution in [1.29, 1.82) is 0 Å². The summed E-state index contributed by atoms with van der Waals surface area (Å²) in [4.78, 5) is 22.5. The lowest BCUT2D eigenvalue weighted by Gasteiger charge is -2.02. The zero-order chi connectivity index (χ0) is 10.8. The third-order valence-corrected chi connectivity index (χ3v) is 2.13. The molecule has 0 saturated heterocycles. The van der Waals surface area contributed by atoms with Gasteiger partial charge in [0.05, 0.1) is 17.7 Å². The normalized spacial score (nSPS) is 13.0. The fourth-order valence-corrected chi connectivity index (χ4v) is 1.43. The summed E-state index contributed by atoms with van der Waals surface area (Å²) >= 11 is 0. The van der Waals surface area contributed by atoms with Crippen molar-refractivity contribution >= 4 is 17.5 Å². The highest BCUT2D eigenvalue weighted by Crippen LogP contribution is 2.19. The number of terminal acetylenes is 1. The minimum Gasteiger partial charge on any atom is -0.374 e. The molecular weight excluding hydrogens is 192 g/mol. The molecule has 1 heterocycles. The van der Waals surface area contributed by atoms with Gasteiger partial charge in [-0.15, -0.1) is 6.42 Å². The lowest BCUT2D eigenvalue weighted by Crippen LogP contribution is -2.19. The fraction of sp³-hybridized carbons (Fsp3) is 0.0909. The quantitative estimate of drug-likeness (QED) is 0.543. The maximum atomic E-state index is 11.3. The topological polar surface area (TPSA) is 58.2 Å². The largest absolute Gasteiger partial charge is 0.374 e. The number of imide groups is 1. The van der Waals surface area contributed by atoms with Crippen molar-refractivity contribution < 1.29 is 9.59 Å². The minimum absolute atomic E-state index is 0.349. The van der Waals surface area contributed by atoms with Crippen LogP contribution >= 0.6 is 0 Å². The molecule has 1 aromatic carbocycles. The maximum Gasteiger partial charge on any atom is 0.259 e. The molecule has 4 heteroatoms. The molecule has 0 atom stereocenters. The maximum absolute atomic E-state index is 11.3. The van der Waals surface area contributed by atoms with Gasteiger partial charge < -0.3 is 5.32 Å². The van der Waals surface area contributed by atoms with E-state index in [0.717, 1.165) is 5.69 Å². The number of benzene rings is 1. The van der Waals surface area contributed by atoms with Crippen LogP contribution in [0, 0.1) is 12.3 Å². The number of nitrogens with one attached hydrogen (secondary N) is 2. The highest BCUT2D eigenvalue weighted by Gasteiger charge is 2.26. The van der Waals surface area contributed by atoms with E-state index < -0.39 is 0 Å². The first kappa shape index (κ1) is 9.28. The Morgan fingerprint density at radius 2 is 2.00 bits per heavy atom. The second kappa shape index (κ2) is 3.46. The van der Waals surface area contributed by atoms with Crippen LogP contribution < -0.4 is 10.6 Å². The molecule has 0 spiro atoms. The number of carbonyl (C=O) groups excluding carboxylic acids is 2. The number of rotatable bonds is 2. The summed E-state index contributed by atoms with van der Waals surface area (Å²) in [5.41, 5.74) is 1.53. The van der Waals surface area contributed by atoms with Gasteiger partial charge in [-0.3, -0.25) is 14.9 Å². The Labute approximate surface area is 86.7 Å². The number of fused-ring (bicyclic) bond motifs is 1. The number of amides is 2. The molecule has 1 aromatic rings. The molecule has 0 fully saturated rings. The highest BCUT2D eigenvalue weighted by atomic mass is 16.2. The number of hydrogen-bond donors (Lipinski definition) is 2. The molecule has 15 heavy (non-hydrogen) atoms. The van der Waals surface area contributed by atoms with Crippen LogP contribution in [0.3, 0.4) is 0 Å². The van der Waals surface area contributed by atoms with Gasteiger partial charge in [-0.2, -0.15) is 0 Å². The van der Waals surface area contributed by atoms with Crippen molar-refractivity contribution in [3.05, 3.63) is 29.3 Å². The Balaban J connectivity index is 2.35. The predicted octanol–water partition coefficient (Wildman–Crippen LogP) is 0.615. The first-order valence-corrected chi connectivity index (χ1v) is 4.39. The van der Waals surface area contributed by atoms with E-state index in [2.05, 4.69) is 16.6 Å². The van der Waals surface area contributed by atoms with Crippen molar-refractivity contribution in [2.24, 2.45) is 0 Å². The molecule has 4 nitrogen and oxygen atoms in total. The molecule has 1 aliphatic heterocycles. The summed E-state index contributed by atoms with van der Waals surface area (Å²) in [5.74, 6) is 1.71. The Hall–Kier alpha value is -2.28. The summed E-state index contributed by atoms with van der Waals surface area (Å²) < 4.78 is 0. The molecule has 0 radical (unpaired) electrons. The first-order valence-electron chi connectivity index (χ1n) is 4.39. The smallest absolute Gasteiger partial charge is 0.259 e. The van der Waals surface area contributed by atoms with Gasteiger partial charge >= 0.3 is 0 Å². The van der Waals surface area contributed by atoms with Gasteiger partial charge in [-0.25, -0.2) is 0 Å². The van der Waals surface area contributed by atoms with E-state index in [1.807, 2.05) is 0 Å². The standard InChI is InChI=1S/C11H8N2O2/c1-2-5-12-7-3-4-8-9(6-7)11(15)13-10(8)14/h1,3-4,6,12H,5H2,(H,13,14,15). The van der Waals surface area contributed by atoms with Gasteiger partial charge in [0, 0.05) is 5.69 Å². The van der Waals surface area contributed by atoms with E-state index in [0.29, 0.717) is 17.7 Å². The van der Waals surface area contributed by atoms with Crippen LogP contribution in [-0.2, 0) is 0 Å². The molecule has 0 unspecified atom stereocenters. The van der Waals surface area contributed by atoms with Crippen molar-refractivity contribution in [1.82, 2.24) is 5.32 Å². The summed E-state index contributed by atoms with van der Waals surface area (Å²) in [7, 11) is 0. The van der Waals surface area contributed by atoms with Crippen molar-refractivity contribution in [2.45, 2.75) is 0 Å². The van der Waals surface area contributed by atoms with E-state index in [-0.39, 0.29) is 11.8 Å². The van der Waals surface area contributed by atoms with E-state index in [4.69, 9.17) is 6.42 Å². The Morgan fingerprint density at radius 3 is 2.73 bits per heavy atom. The molecule has 2 rings (SSSR count). The monoisotopic (exact) mass is 200 g/mol. The summed E-state index contributed by atoms with van der Waals surface area (Å²) in [6, 6.07) is 4.94. The van der Waals surface area contributed by atoms with Crippen LogP contribution in [0.15, 0.2) is 18.2 Å². The second-order valence-corrected chi connectivity index (χ2v) is 3.10. The molecule has 0 bridgehead atoms. The van der Waals surface area contributed by atoms with Crippen molar-refractivity contribution in [3.63, 3.8) is 0 Å². The highest BCUT2D eigenvalue weighted by molar-refractivity contribution is 6.21. The summed E-state index contributed by atoms with van der Waals surface area (Å²) in [5, 5.41) is 5.15. The van der Waals surface area contributed by atoms with Gasteiger partial charge in [0.25, 0.3) is 11.8 Å². The van der Waals surface area contributed by atoms with Gasteiger partial charge in [0.1, 0.15) is 0 Å². The molecular formula is C11H8N2O2. The molecule has 0 aliphatic carbocycles. The van der Waals surface area contributed by atoms with Gasteiger partial charge in [0.2, 0.25) is 0 Å². The number of anilines is 1. The first-order chi connectivity index (χ1) is 7.22. The number of carbonyl (C=O) groups is 2. The van der Waals surface area contributed by atoms with E-state index in [9.17, 15) is 9.59 Å². The molecule has 2 amide bonds. The van der Waals surface area contributed by atoms with Crippen LogP contribution in [-0.4, -0.2) is 18.4 Å². The second-order valence-electron chi connectivity index (χ2n) is 3.10. The van der Waals surface area contributed by atoms with Gasteiger partial charge in [-0.1, -0.05) is 5.92 Å². The minimum atomic E-state index is -0.362. The fourth-order valence-electron chi connectivity index (χ4n) is 1.43. The van der Waals surface area contributed by atoms with Crippen LogP contribution in [0.2, 0.25) is 0 Å². The van der Waals surface area contributed by atoms with Gasteiger partial charge in [-0.05, 0) is 18.2 Å². The van der Waals surface area contributed by atoms with Gasteiger partial charge in [0.15, 0.2) is 0 Å². The van der Waals surface area contributed by atoms with Crippen molar-refractivity contribution in [3.8, 4) is 12.3 Å². The Bertz CT molecular complexity index is 486. The van der Waals surface area contributed by atoms with E-state index >= 15 is 0 Å². The molecule has 0 saturated carbocycles.